The van der Waals surface area contributed by atoms with Crippen molar-refractivity contribution in [1.82, 2.24) is 15.5 Å². The molecular formula is C29H35N3O2. The number of H-pyrrole nitrogens is 1. The van der Waals surface area contributed by atoms with E-state index in [1.165, 1.54) is 44.9 Å². The summed E-state index contributed by atoms with van der Waals surface area (Å²) in [6, 6.07) is 19.4. The molecule has 1 heterocycles. The third kappa shape index (κ3) is 6.22. The van der Waals surface area contributed by atoms with Crippen molar-refractivity contribution in [3.63, 3.8) is 0 Å². The van der Waals surface area contributed by atoms with E-state index >= 15 is 0 Å². The standard InChI is InChI=1S/C29H35N3O2/c33-28(30-24-20-14-6-4-2-1-3-5-7-15-21-24)26-25(22-16-10-8-11-17-22)27(31-32-29(26)34)23-18-12-9-13-19-23/h8-13,16-19,24H,1-7,14-15,20-21H2,(H,30,33)(H,32,34). The fraction of sp³-hybridized carbons (Fsp3) is 0.414. The SMILES string of the molecule is O=C(NC1CCCCCCCCCCC1)c1c(-c2ccccc2)c(-c2ccccc2)n[nH]c1=O. The summed E-state index contributed by atoms with van der Waals surface area (Å²) in [5, 5.41) is 10.2. The van der Waals surface area contributed by atoms with Crippen LogP contribution in [0.3, 0.4) is 0 Å². The van der Waals surface area contributed by atoms with Crippen molar-refractivity contribution in [2.24, 2.45) is 0 Å². The molecule has 1 fully saturated rings. The van der Waals surface area contributed by atoms with Gasteiger partial charge in [-0.15, -0.1) is 0 Å². The maximum Gasteiger partial charge on any atom is 0.277 e. The Kier molecular flexibility index (Phi) is 8.66. The van der Waals surface area contributed by atoms with Gasteiger partial charge in [-0.05, 0) is 18.4 Å². The highest BCUT2D eigenvalue weighted by Crippen LogP contribution is 2.31. The number of hydrogen-bond acceptors (Lipinski definition) is 3. The molecule has 0 spiro atoms. The van der Waals surface area contributed by atoms with Crippen LogP contribution in [-0.2, 0) is 0 Å². The summed E-state index contributed by atoms with van der Waals surface area (Å²) in [6.07, 6.45) is 13.0. The number of carbonyl (C=O) groups excluding carboxylic acids is 1. The first-order valence-electron chi connectivity index (χ1n) is 12.8. The van der Waals surface area contributed by atoms with E-state index in [1.807, 2.05) is 60.7 Å². The van der Waals surface area contributed by atoms with E-state index in [2.05, 4.69) is 15.5 Å². The monoisotopic (exact) mass is 457 g/mol. The van der Waals surface area contributed by atoms with E-state index in [0.717, 1.165) is 36.8 Å². The molecule has 0 saturated heterocycles. The zero-order valence-electron chi connectivity index (χ0n) is 19.9. The number of amides is 1. The molecule has 1 aliphatic rings. The number of hydrogen-bond donors (Lipinski definition) is 2. The Morgan fingerprint density at radius 2 is 1.24 bits per heavy atom. The van der Waals surface area contributed by atoms with Crippen molar-refractivity contribution >= 4 is 5.91 Å². The second-order valence-corrected chi connectivity index (χ2v) is 9.31. The van der Waals surface area contributed by atoms with Crippen LogP contribution in [0.4, 0.5) is 0 Å². The molecule has 3 aromatic rings. The number of aromatic amines is 1. The fourth-order valence-corrected chi connectivity index (χ4v) is 4.92. The van der Waals surface area contributed by atoms with E-state index in [9.17, 15) is 9.59 Å². The molecular weight excluding hydrogens is 422 g/mol. The van der Waals surface area contributed by atoms with Crippen molar-refractivity contribution in [3.8, 4) is 22.4 Å². The summed E-state index contributed by atoms with van der Waals surface area (Å²) in [5.41, 5.74) is 2.55. The van der Waals surface area contributed by atoms with Crippen LogP contribution < -0.4 is 10.9 Å². The van der Waals surface area contributed by atoms with Gasteiger partial charge in [0, 0.05) is 17.2 Å². The van der Waals surface area contributed by atoms with Crippen LogP contribution in [-0.4, -0.2) is 22.1 Å². The average molecular weight is 458 g/mol. The third-order valence-corrected chi connectivity index (χ3v) is 6.76. The quantitative estimate of drug-likeness (QED) is 0.469. The molecule has 0 atom stereocenters. The average Bonchev–Trinajstić information content (AvgIpc) is 2.86. The lowest BCUT2D eigenvalue weighted by Gasteiger charge is -2.21. The summed E-state index contributed by atoms with van der Waals surface area (Å²) in [4.78, 5) is 26.6. The number of carbonyl (C=O) groups is 1. The highest BCUT2D eigenvalue weighted by Gasteiger charge is 2.24. The Morgan fingerprint density at radius 3 is 1.79 bits per heavy atom. The smallest absolute Gasteiger partial charge is 0.277 e. The molecule has 0 bridgehead atoms. The Morgan fingerprint density at radius 1 is 0.735 bits per heavy atom. The molecule has 34 heavy (non-hydrogen) atoms. The Labute approximate surface area is 202 Å². The van der Waals surface area contributed by atoms with Crippen molar-refractivity contribution in [2.75, 3.05) is 0 Å². The van der Waals surface area contributed by atoms with Crippen LogP contribution in [0, 0.1) is 0 Å². The number of rotatable bonds is 4. The van der Waals surface area contributed by atoms with Crippen LogP contribution in [0.5, 0.6) is 0 Å². The van der Waals surface area contributed by atoms with Crippen LogP contribution in [0.1, 0.15) is 81.0 Å². The molecule has 5 heteroatoms. The van der Waals surface area contributed by atoms with Gasteiger partial charge in [-0.1, -0.05) is 118 Å². The number of benzene rings is 2. The van der Waals surface area contributed by atoms with Gasteiger partial charge in [0.05, 0.1) is 5.69 Å². The van der Waals surface area contributed by atoms with Gasteiger partial charge in [0.25, 0.3) is 11.5 Å². The zero-order valence-corrected chi connectivity index (χ0v) is 19.9. The van der Waals surface area contributed by atoms with Crippen LogP contribution in [0.25, 0.3) is 22.4 Å². The molecule has 0 radical (unpaired) electrons. The second-order valence-electron chi connectivity index (χ2n) is 9.31. The van der Waals surface area contributed by atoms with Crippen LogP contribution >= 0.6 is 0 Å². The lowest BCUT2D eigenvalue weighted by molar-refractivity contribution is 0.0930. The lowest BCUT2D eigenvalue weighted by Crippen LogP contribution is -2.38. The topological polar surface area (TPSA) is 74.8 Å². The van der Waals surface area contributed by atoms with Gasteiger partial charge >= 0.3 is 0 Å². The first-order valence-corrected chi connectivity index (χ1v) is 12.8. The Bertz CT molecular complexity index is 1100. The van der Waals surface area contributed by atoms with Crippen molar-refractivity contribution < 1.29 is 4.79 Å². The maximum atomic E-state index is 13.6. The predicted octanol–water partition coefficient (Wildman–Crippen LogP) is 6.51. The van der Waals surface area contributed by atoms with Gasteiger partial charge in [0.15, 0.2) is 0 Å². The van der Waals surface area contributed by atoms with Crippen LogP contribution in [0.15, 0.2) is 65.5 Å². The molecule has 4 rings (SSSR count). The molecule has 2 aromatic carbocycles. The molecule has 0 aliphatic heterocycles. The van der Waals surface area contributed by atoms with E-state index in [-0.39, 0.29) is 17.5 Å². The molecule has 5 nitrogen and oxygen atoms in total. The highest BCUT2D eigenvalue weighted by atomic mass is 16.2. The van der Waals surface area contributed by atoms with E-state index in [0.29, 0.717) is 11.3 Å². The molecule has 178 valence electrons. The maximum absolute atomic E-state index is 13.6. The van der Waals surface area contributed by atoms with Gasteiger partial charge in [-0.2, -0.15) is 5.10 Å². The van der Waals surface area contributed by atoms with E-state index in [1.54, 1.807) is 0 Å². The largest absolute Gasteiger partial charge is 0.349 e. The number of nitrogens with one attached hydrogen (secondary N) is 2. The minimum atomic E-state index is -0.454. The second kappa shape index (κ2) is 12.3. The minimum absolute atomic E-state index is 0.0864. The van der Waals surface area contributed by atoms with Gasteiger partial charge in [0.1, 0.15) is 5.56 Å². The van der Waals surface area contributed by atoms with Crippen molar-refractivity contribution in [2.45, 2.75) is 76.7 Å². The van der Waals surface area contributed by atoms with E-state index < -0.39 is 5.56 Å². The summed E-state index contributed by atoms with van der Waals surface area (Å²) < 4.78 is 0. The van der Waals surface area contributed by atoms with Crippen molar-refractivity contribution in [1.29, 1.82) is 0 Å². The van der Waals surface area contributed by atoms with Gasteiger partial charge in [-0.3, -0.25) is 9.59 Å². The molecule has 1 saturated carbocycles. The van der Waals surface area contributed by atoms with Gasteiger partial charge in [0.2, 0.25) is 0 Å². The number of nitrogens with zero attached hydrogens (tertiary/aromatic N) is 1. The van der Waals surface area contributed by atoms with Crippen LogP contribution in [0.2, 0.25) is 0 Å². The number of aromatic nitrogens is 2. The van der Waals surface area contributed by atoms with E-state index in [4.69, 9.17) is 0 Å². The van der Waals surface area contributed by atoms with Gasteiger partial charge < -0.3 is 5.32 Å². The molecule has 2 N–H and O–H groups in total. The summed E-state index contributed by atoms with van der Waals surface area (Å²) in [6.45, 7) is 0. The minimum Gasteiger partial charge on any atom is -0.349 e. The summed E-state index contributed by atoms with van der Waals surface area (Å²) >= 11 is 0. The fourth-order valence-electron chi connectivity index (χ4n) is 4.92. The Hall–Kier alpha value is -3.21. The van der Waals surface area contributed by atoms with Crippen molar-refractivity contribution in [3.05, 3.63) is 76.6 Å². The summed E-state index contributed by atoms with van der Waals surface area (Å²) in [7, 11) is 0. The molecule has 1 aromatic heterocycles. The summed E-state index contributed by atoms with van der Waals surface area (Å²) in [5.74, 6) is -0.309. The molecule has 1 amide bonds. The zero-order chi connectivity index (χ0) is 23.6. The third-order valence-electron chi connectivity index (χ3n) is 6.76. The normalized spacial score (nSPS) is 16.2. The lowest BCUT2D eigenvalue weighted by atomic mass is 9.94. The first kappa shape index (κ1) is 23.9. The molecule has 1 aliphatic carbocycles. The molecule has 0 unspecified atom stereocenters. The van der Waals surface area contributed by atoms with Gasteiger partial charge in [-0.25, -0.2) is 5.10 Å². The Balaban J connectivity index is 1.67. The predicted molar refractivity (Wildman–Crippen MR) is 138 cm³/mol. The first-order chi connectivity index (χ1) is 16.7. The highest BCUT2D eigenvalue weighted by molar-refractivity contribution is 6.03.